The van der Waals surface area contributed by atoms with Crippen LogP contribution in [0.5, 0.6) is 0 Å². The SMILES string of the molecule is CCCc1c([C@H]2C[C@H]3C(C(=O)OC)=CO[C@H](C)[C@@H]3CN2)[nH]c2ccccc12. The Labute approximate surface area is 160 Å². The molecular formula is C22H28N2O3. The van der Waals surface area contributed by atoms with Gasteiger partial charge in [0, 0.05) is 41.0 Å². The van der Waals surface area contributed by atoms with Crippen molar-refractivity contribution >= 4 is 16.9 Å². The number of carbonyl (C=O) groups excluding carboxylic acids is 1. The maximum atomic E-state index is 12.3. The van der Waals surface area contributed by atoms with Crippen molar-refractivity contribution in [1.82, 2.24) is 10.3 Å². The molecule has 4 atom stereocenters. The maximum Gasteiger partial charge on any atom is 0.337 e. The number of fused-ring (bicyclic) bond motifs is 2. The zero-order valence-electron chi connectivity index (χ0n) is 16.2. The Hall–Kier alpha value is -2.27. The van der Waals surface area contributed by atoms with Crippen molar-refractivity contribution in [2.24, 2.45) is 11.8 Å². The van der Waals surface area contributed by atoms with E-state index >= 15 is 0 Å². The molecule has 4 rings (SSSR count). The predicted molar refractivity (Wildman–Crippen MR) is 105 cm³/mol. The first kappa shape index (κ1) is 18.1. The number of methoxy groups -OCH3 is 1. The van der Waals surface area contributed by atoms with Crippen molar-refractivity contribution in [3.8, 4) is 0 Å². The highest BCUT2D eigenvalue weighted by atomic mass is 16.5. The van der Waals surface area contributed by atoms with Gasteiger partial charge >= 0.3 is 5.97 Å². The van der Waals surface area contributed by atoms with E-state index in [1.54, 1.807) is 6.26 Å². The molecule has 0 radical (unpaired) electrons. The molecular weight excluding hydrogens is 340 g/mol. The molecule has 1 aromatic heterocycles. The summed E-state index contributed by atoms with van der Waals surface area (Å²) in [6, 6.07) is 8.70. The number of aromatic nitrogens is 1. The molecule has 0 spiro atoms. The standard InChI is InChI=1S/C22H28N2O3/c1-4-7-15-14-8-5-6-9-19(14)24-21(15)20-10-16-17(11-23-20)13(2)27-12-18(16)22(25)26-3/h5-6,8-9,12-13,16-17,20,23-24H,4,7,10-11H2,1-3H3/t13-,16-,17+,20-/m1/s1. The van der Waals surface area contributed by atoms with Crippen LogP contribution in [0.25, 0.3) is 10.9 Å². The first-order valence-corrected chi connectivity index (χ1v) is 9.90. The van der Waals surface area contributed by atoms with Crippen LogP contribution in [-0.4, -0.2) is 30.7 Å². The van der Waals surface area contributed by atoms with Gasteiger partial charge in [0.25, 0.3) is 0 Å². The van der Waals surface area contributed by atoms with Crippen molar-refractivity contribution in [3.63, 3.8) is 0 Å². The zero-order chi connectivity index (χ0) is 19.0. The highest BCUT2D eigenvalue weighted by Gasteiger charge is 2.42. The summed E-state index contributed by atoms with van der Waals surface area (Å²) >= 11 is 0. The van der Waals surface area contributed by atoms with Crippen LogP contribution < -0.4 is 5.32 Å². The van der Waals surface area contributed by atoms with Gasteiger partial charge in [0.2, 0.25) is 0 Å². The third kappa shape index (κ3) is 3.14. The van der Waals surface area contributed by atoms with E-state index in [0.29, 0.717) is 5.57 Å². The molecule has 0 aliphatic carbocycles. The van der Waals surface area contributed by atoms with Gasteiger partial charge in [0.05, 0.1) is 25.0 Å². The highest BCUT2D eigenvalue weighted by Crippen LogP contribution is 2.42. The molecule has 0 unspecified atom stereocenters. The van der Waals surface area contributed by atoms with E-state index in [1.807, 2.05) is 0 Å². The third-order valence-electron chi connectivity index (χ3n) is 6.13. The summed E-state index contributed by atoms with van der Waals surface area (Å²) in [5.41, 5.74) is 4.51. The Balaban J connectivity index is 1.69. The zero-order valence-corrected chi connectivity index (χ0v) is 16.2. The fourth-order valence-corrected chi connectivity index (χ4v) is 4.73. The van der Waals surface area contributed by atoms with E-state index in [9.17, 15) is 4.79 Å². The van der Waals surface area contributed by atoms with Crippen LogP contribution >= 0.6 is 0 Å². The number of rotatable bonds is 4. The van der Waals surface area contributed by atoms with Gasteiger partial charge in [-0.25, -0.2) is 4.79 Å². The monoisotopic (exact) mass is 368 g/mol. The van der Waals surface area contributed by atoms with Gasteiger partial charge in [-0.15, -0.1) is 0 Å². The van der Waals surface area contributed by atoms with Crippen molar-refractivity contribution < 1.29 is 14.3 Å². The molecule has 1 fully saturated rings. The van der Waals surface area contributed by atoms with Gasteiger partial charge in [0.1, 0.15) is 0 Å². The lowest BCUT2D eigenvalue weighted by Gasteiger charge is -2.42. The molecule has 1 saturated heterocycles. The number of nitrogens with one attached hydrogen (secondary N) is 2. The molecule has 3 heterocycles. The van der Waals surface area contributed by atoms with Gasteiger partial charge in [-0.1, -0.05) is 31.5 Å². The molecule has 5 heteroatoms. The van der Waals surface area contributed by atoms with Crippen LogP contribution in [-0.2, 0) is 20.7 Å². The fourth-order valence-electron chi connectivity index (χ4n) is 4.73. The van der Waals surface area contributed by atoms with Crippen molar-refractivity contribution in [2.75, 3.05) is 13.7 Å². The van der Waals surface area contributed by atoms with Gasteiger partial charge in [-0.2, -0.15) is 0 Å². The van der Waals surface area contributed by atoms with E-state index in [0.717, 1.165) is 25.8 Å². The number of aryl methyl sites for hydroxylation is 1. The quantitative estimate of drug-likeness (QED) is 0.805. The number of ether oxygens (including phenoxy) is 2. The number of benzene rings is 1. The summed E-state index contributed by atoms with van der Waals surface area (Å²) in [4.78, 5) is 15.9. The molecule has 2 aromatic rings. The number of hydrogen-bond acceptors (Lipinski definition) is 4. The lowest BCUT2D eigenvalue weighted by atomic mass is 9.74. The van der Waals surface area contributed by atoms with E-state index in [-0.39, 0.29) is 30.0 Å². The van der Waals surface area contributed by atoms with Crippen LogP contribution in [0.4, 0.5) is 0 Å². The van der Waals surface area contributed by atoms with Gasteiger partial charge < -0.3 is 19.8 Å². The highest BCUT2D eigenvalue weighted by molar-refractivity contribution is 5.89. The minimum atomic E-state index is -0.275. The molecule has 0 saturated carbocycles. The van der Waals surface area contributed by atoms with Crippen molar-refractivity contribution in [2.45, 2.75) is 45.3 Å². The molecule has 2 aliphatic heterocycles. The number of H-pyrrole nitrogens is 1. The van der Waals surface area contributed by atoms with Crippen LogP contribution in [0, 0.1) is 11.8 Å². The lowest BCUT2D eigenvalue weighted by molar-refractivity contribution is -0.138. The number of hydrogen-bond donors (Lipinski definition) is 2. The smallest absolute Gasteiger partial charge is 0.337 e. The Morgan fingerprint density at radius 1 is 1.33 bits per heavy atom. The molecule has 2 aliphatic rings. The first-order chi connectivity index (χ1) is 13.1. The molecule has 144 valence electrons. The summed E-state index contributed by atoms with van der Waals surface area (Å²) in [6.07, 6.45) is 4.73. The number of para-hydroxylation sites is 1. The number of esters is 1. The maximum absolute atomic E-state index is 12.3. The minimum Gasteiger partial charge on any atom is -0.497 e. The number of aromatic amines is 1. The Kier molecular flexibility index (Phi) is 4.96. The van der Waals surface area contributed by atoms with Gasteiger partial charge in [0.15, 0.2) is 0 Å². The summed E-state index contributed by atoms with van der Waals surface area (Å²) < 4.78 is 10.7. The van der Waals surface area contributed by atoms with Gasteiger partial charge in [-0.3, -0.25) is 0 Å². The van der Waals surface area contributed by atoms with Crippen LogP contribution in [0.3, 0.4) is 0 Å². The number of piperidine rings is 1. The summed E-state index contributed by atoms with van der Waals surface area (Å²) in [5.74, 6) is 0.149. The molecule has 27 heavy (non-hydrogen) atoms. The van der Waals surface area contributed by atoms with Crippen LogP contribution in [0.2, 0.25) is 0 Å². The van der Waals surface area contributed by atoms with E-state index < -0.39 is 0 Å². The normalized spacial score (nSPS) is 27.6. The van der Waals surface area contributed by atoms with Crippen molar-refractivity contribution in [3.05, 3.63) is 47.4 Å². The Morgan fingerprint density at radius 2 is 2.15 bits per heavy atom. The molecule has 0 bridgehead atoms. The molecule has 5 nitrogen and oxygen atoms in total. The predicted octanol–water partition coefficient (Wildman–Crippen LogP) is 3.86. The second-order valence-electron chi connectivity index (χ2n) is 7.69. The second kappa shape index (κ2) is 7.39. The van der Waals surface area contributed by atoms with Gasteiger partial charge in [-0.05, 0) is 31.4 Å². The van der Waals surface area contributed by atoms with Crippen molar-refractivity contribution in [1.29, 1.82) is 0 Å². The van der Waals surface area contributed by atoms with E-state index in [1.165, 1.54) is 29.3 Å². The Bertz CT molecular complexity index is 870. The summed E-state index contributed by atoms with van der Waals surface area (Å²) in [7, 11) is 1.44. The lowest BCUT2D eigenvalue weighted by Crippen LogP contribution is -2.47. The minimum absolute atomic E-state index is 0.0923. The molecule has 0 amide bonds. The average molecular weight is 368 g/mol. The largest absolute Gasteiger partial charge is 0.497 e. The van der Waals surface area contributed by atoms with E-state index in [4.69, 9.17) is 9.47 Å². The fraction of sp³-hybridized carbons (Fsp3) is 0.500. The first-order valence-electron chi connectivity index (χ1n) is 9.90. The average Bonchev–Trinajstić information content (AvgIpc) is 3.06. The topological polar surface area (TPSA) is 63.4 Å². The van der Waals surface area contributed by atoms with Crippen LogP contribution in [0.15, 0.2) is 36.1 Å². The molecule has 2 N–H and O–H groups in total. The summed E-state index contributed by atoms with van der Waals surface area (Å²) in [6.45, 7) is 5.12. The third-order valence-corrected chi connectivity index (χ3v) is 6.13. The second-order valence-corrected chi connectivity index (χ2v) is 7.69. The molecule has 1 aromatic carbocycles. The van der Waals surface area contributed by atoms with Crippen LogP contribution in [0.1, 0.15) is 44.0 Å². The van der Waals surface area contributed by atoms with E-state index in [2.05, 4.69) is 48.4 Å². The summed E-state index contributed by atoms with van der Waals surface area (Å²) in [5, 5.41) is 5.02. The number of carbonyl (C=O) groups is 1. The Morgan fingerprint density at radius 3 is 2.93 bits per heavy atom.